The first-order valence-electron chi connectivity index (χ1n) is 4.60. The Morgan fingerprint density at radius 1 is 1.53 bits per heavy atom. The molecule has 1 N–H and O–H groups in total. The summed E-state index contributed by atoms with van der Waals surface area (Å²) in [4.78, 5) is 11.4. The molecule has 0 aliphatic heterocycles. The molecule has 2 aromatic heterocycles. The summed E-state index contributed by atoms with van der Waals surface area (Å²) in [5, 5.41) is 6.27. The Morgan fingerprint density at radius 2 is 2.40 bits per heavy atom. The first-order chi connectivity index (χ1) is 7.31. The van der Waals surface area contributed by atoms with Gasteiger partial charge in [0.05, 0.1) is 6.26 Å². The highest BCUT2D eigenvalue weighted by Crippen LogP contribution is 2.20. The molecule has 2 rings (SSSR count). The number of carbonyl (C=O) groups excluding carboxylic acids is 1. The van der Waals surface area contributed by atoms with E-state index in [4.69, 9.17) is 8.94 Å². The lowest BCUT2D eigenvalue weighted by atomic mass is 10.3. The highest BCUT2D eigenvalue weighted by Gasteiger charge is 2.13. The molecule has 2 heterocycles. The minimum Gasteiger partial charge on any atom is -0.461 e. The molecular weight excluding hydrogens is 196 g/mol. The maximum atomic E-state index is 11.4. The molecular formula is C10H10N2O3. The van der Waals surface area contributed by atoms with Crippen LogP contribution in [0.2, 0.25) is 0 Å². The summed E-state index contributed by atoms with van der Waals surface area (Å²) in [6.07, 6.45) is 1.53. The Labute approximate surface area is 86.1 Å². The van der Waals surface area contributed by atoms with Gasteiger partial charge in [0.15, 0.2) is 11.5 Å². The topological polar surface area (TPSA) is 68.3 Å². The molecule has 0 atom stereocenters. The number of nitrogens with one attached hydrogen (secondary N) is 1. The van der Waals surface area contributed by atoms with E-state index in [1.165, 1.54) is 6.26 Å². The van der Waals surface area contributed by atoms with Gasteiger partial charge in [-0.05, 0) is 19.1 Å². The number of rotatable bonds is 3. The van der Waals surface area contributed by atoms with Crippen LogP contribution < -0.4 is 5.32 Å². The van der Waals surface area contributed by atoms with E-state index in [1.54, 1.807) is 18.2 Å². The quantitative estimate of drug-likeness (QED) is 0.829. The van der Waals surface area contributed by atoms with Gasteiger partial charge in [0.2, 0.25) is 5.76 Å². The zero-order valence-electron chi connectivity index (χ0n) is 8.19. The fourth-order valence-corrected chi connectivity index (χ4v) is 1.17. The van der Waals surface area contributed by atoms with Crippen LogP contribution in [0.1, 0.15) is 17.4 Å². The maximum absolute atomic E-state index is 11.4. The second kappa shape index (κ2) is 4.00. The van der Waals surface area contributed by atoms with Gasteiger partial charge in [-0.2, -0.15) is 0 Å². The van der Waals surface area contributed by atoms with Gasteiger partial charge in [-0.25, -0.2) is 0 Å². The smallest absolute Gasteiger partial charge is 0.273 e. The molecule has 2 aromatic rings. The number of aromatic nitrogens is 1. The zero-order chi connectivity index (χ0) is 10.7. The second-order valence-corrected chi connectivity index (χ2v) is 2.91. The largest absolute Gasteiger partial charge is 0.461 e. The molecule has 78 valence electrons. The molecule has 5 nitrogen and oxygen atoms in total. The summed E-state index contributed by atoms with van der Waals surface area (Å²) >= 11 is 0. The van der Waals surface area contributed by atoms with Crippen molar-refractivity contribution in [3.8, 4) is 11.5 Å². The van der Waals surface area contributed by atoms with Crippen LogP contribution in [0.25, 0.3) is 11.5 Å². The van der Waals surface area contributed by atoms with Crippen LogP contribution in [0.15, 0.2) is 33.4 Å². The van der Waals surface area contributed by atoms with Crippen LogP contribution in [-0.2, 0) is 0 Å². The summed E-state index contributed by atoms with van der Waals surface area (Å²) in [6, 6.07) is 5.02. The van der Waals surface area contributed by atoms with Crippen molar-refractivity contribution in [1.29, 1.82) is 0 Å². The average Bonchev–Trinajstić information content (AvgIpc) is 2.89. The standard InChI is InChI=1S/C10H10N2O3/c1-2-11-10(13)7-6-9(15-12-7)8-4-3-5-14-8/h3-6H,2H2,1H3,(H,11,13). The lowest BCUT2D eigenvalue weighted by Gasteiger charge is -1.94. The third-order valence-corrected chi connectivity index (χ3v) is 1.84. The molecule has 15 heavy (non-hydrogen) atoms. The number of hydrogen-bond donors (Lipinski definition) is 1. The molecule has 0 unspecified atom stereocenters. The summed E-state index contributed by atoms with van der Waals surface area (Å²) in [5.41, 5.74) is 0.253. The van der Waals surface area contributed by atoms with Crippen molar-refractivity contribution in [3.05, 3.63) is 30.2 Å². The molecule has 0 aliphatic carbocycles. The lowest BCUT2D eigenvalue weighted by Crippen LogP contribution is -2.22. The predicted molar refractivity (Wildman–Crippen MR) is 52.2 cm³/mol. The SMILES string of the molecule is CCNC(=O)c1cc(-c2ccco2)on1. The van der Waals surface area contributed by atoms with E-state index >= 15 is 0 Å². The number of amides is 1. The molecule has 0 spiro atoms. The van der Waals surface area contributed by atoms with Crippen LogP contribution in [0.5, 0.6) is 0 Å². The molecule has 0 radical (unpaired) electrons. The summed E-state index contributed by atoms with van der Waals surface area (Å²) in [5.74, 6) is 0.748. The summed E-state index contributed by atoms with van der Waals surface area (Å²) < 4.78 is 10.1. The molecule has 0 aromatic carbocycles. The van der Waals surface area contributed by atoms with Gasteiger partial charge in [0.1, 0.15) is 0 Å². The number of carbonyl (C=O) groups is 1. The van der Waals surface area contributed by atoms with Crippen LogP contribution in [0.3, 0.4) is 0 Å². The van der Waals surface area contributed by atoms with Crippen LogP contribution in [0.4, 0.5) is 0 Å². The summed E-state index contributed by atoms with van der Waals surface area (Å²) in [6.45, 7) is 2.40. The number of nitrogens with zero attached hydrogens (tertiary/aromatic N) is 1. The molecule has 5 heteroatoms. The first-order valence-corrected chi connectivity index (χ1v) is 4.60. The molecule has 1 amide bonds. The van der Waals surface area contributed by atoms with E-state index in [2.05, 4.69) is 10.5 Å². The van der Waals surface area contributed by atoms with Gasteiger partial charge >= 0.3 is 0 Å². The van der Waals surface area contributed by atoms with Gasteiger partial charge in [-0.1, -0.05) is 5.16 Å². The first kappa shape index (κ1) is 9.51. The fraction of sp³-hybridized carbons (Fsp3) is 0.200. The van der Waals surface area contributed by atoms with E-state index in [0.717, 1.165) is 0 Å². The normalized spacial score (nSPS) is 10.2. The van der Waals surface area contributed by atoms with E-state index < -0.39 is 0 Å². The Kier molecular flexibility index (Phi) is 2.53. The Balaban J connectivity index is 2.21. The zero-order valence-corrected chi connectivity index (χ0v) is 8.19. The van der Waals surface area contributed by atoms with Crippen molar-refractivity contribution in [2.24, 2.45) is 0 Å². The molecule has 0 bridgehead atoms. The predicted octanol–water partition coefficient (Wildman–Crippen LogP) is 1.68. The van der Waals surface area contributed by atoms with Crippen LogP contribution in [-0.4, -0.2) is 17.6 Å². The van der Waals surface area contributed by atoms with E-state index in [-0.39, 0.29) is 11.6 Å². The molecule has 0 aliphatic rings. The minimum atomic E-state index is -0.251. The molecule has 0 saturated carbocycles. The number of furan rings is 1. The van der Waals surface area contributed by atoms with Gasteiger partial charge < -0.3 is 14.3 Å². The molecule has 0 saturated heterocycles. The number of hydrogen-bond acceptors (Lipinski definition) is 4. The Bertz CT molecular complexity index is 445. The van der Waals surface area contributed by atoms with Crippen LogP contribution in [0, 0.1) is 0 Å². The van der Waals surface area contributed by atoms with Gasteiger partial charge in [-0.15, -0.1) is 0 Å². The third-order valence-electron chi connectivity index (χ3n) is 1.84. The van der Waals surface area contributed by atoms with E-state index in [9.17, 15) is 4.79 Å². The van der Waals surface area contributed by atoms with Crippen LogP contribution >= 0.6 is 0 Å². The van der Waals surface area contributed by atoms with Crippen molar-refractivity contribution < 1.29 is 13.7 Å². The minimum absolute atomic E-state index is 0.251. The van der Waals surface area contributed by atoms with Crippen molar-refractivity contribution in [2.45, 2.75) is 6.92 Å². The Hall–Kier alpha value is -2.04. The average molecular weight is 206 g/mol. The lowest BCUT2D eigenvalue weighted by molar-refractivity contribution is 0.0947. The van der Waals surface area contributed by atoms with Gasteiger partial charge in [-0.3, -0.25) is 4.79 Å². The molecule has 0 fully saturated rings. The van der Waals surface area contributed by atoms with E-state index in [0.29, 0.717) is 18.1 Å². The van der Waals surface area contributed by atoms with Crippen molar-refractivity contribution in [1.82, 2.24) is 10.5 Å². The Morgan fingerprint density at radius 3 is 3.07 bits per heavy atom. The highest BCUT2D eigenvalue weighted by molar-refractivity contribution is 5.92. The maximum Gasteiger partial charge on any atom is 0.273 e. The summed E-state index contributed by atoms with van der Waals surface area (Å²) in [7, 11) is 0. The van der Waals surface area contributed by atoms with E-state index in [1.807, 2.05) is 6.92 Å². The van der Waals surface area contributed by atoms with Crippen molar-refractivity contribution in [3.63, 3.8) is 0 Å². The van der Waals surface area contributed by atoms with Gasteiger partial charge in [0, 0.05) is 12.6 Å². The van der Waals surface area contributed by atoms with Crippen molar-refractivity contribution >= 4 is 5.91 Å². The highest BCUT2D eigenvalue weighted by atomic mass is 16.5. The fourth-order valence-electron chi connectivity index (χ4n) is 1.17. The third kappa shape index (κ3) is 1.90. The van der Waals surface area contributed by atoms with Gasteiger partial charge in [0.25, 0.3) is 5.91 Å². The van der Waals surface area contributed by atoms with Crippen molar-refractivity contribution in [2.75, 3.05) is 6.54 Å². The second-order valence-electron chi connectivity index (χ2n) is 2.91. The monoisotopic (exact) mass is 206 g/mol.